The number of nitrogens with two attached hydrogens (primary N) is 8. The van der Waals surface area contributed by atoms with Crippen LogP contribution >= 0.6 is 0 Å². The van der Waals surface area contributed by atoms with Crippen molar-refractivity contribution in [2.75, 3.05) is 19.6 Å². The predicted octanol–water partition coefficient (Wildman–Crippen LogP) is -7.42. The molecule has 0 aliphatic heterocycles. The van der Waals surface area contributed by atoms with Crippen LogP contribution in [0.5, 0.6) is 0 Å². The highest BCUT2D eigenvalue weighted by Crippen LogP contribution is 2.08. The monoisotopic (exact) mass is 801 g/mol. The van der Waals surface area contributed by atoms with E-state index in [1.807, 2.05) is 0 Å². The number of hydrogen-bond donors (Lipinski definition) is 15. The van der Waals surface area contributed by atoms with Crippen LogP contribution in [-0.2, 0) is 38.4 Å². The third-order valence-corrected chi connectivity index (χ3v) is 7.86. The van der Waals surface area contributed by atoms with Crippen LogP contribution in [0.25, 0.3) is 0 Å². The molecular weight excluding hydrogens is 742 g/mol. The highest BCUT2D eigenvalue weighted by Gasteiger charge is 2.34. The molecule has 7 amide bonds. The van der Waals surface area contributed by atoms with E-state index in [4.69, 9.17) is 45.9 Å². The van der Waals surface area contributed by atoms with Crippen molar-refractivity contribution < 1.29 is 48.6 Å². The second kappa shape index (κ2) is 26.9. The fourth-order valence-electron chi connectivity index (χ4n) is 4.89. The van der Waals surface area contributed by atoms with Crippen molar-refractivity contribution in [1.82, 2.24) is 26.6 Å². The van der Waals surface area contributed by atoms with Gasteiger partial charge in [0.1, 0.15) is 24.2 Å². The molecule has 0 fully saturated rings. The Morgan fingerprint density at radius 2 is 1.00 bits per heavy atom. The minimum atomic E-state index is -1.72. The number of unbranched alkanes of at least 4 members (excludes halogenated alkanes) is 1. The SMILES string of the molecule is C[C@@H](O)[C@H](NC(=O)[C@H](CCCCN)NC(=O)[C@H](CCC(N)=O)NC(=O)[C@H](CCCN=C(N)N)NC(=O)[C@H](CC(N)=O)NC(=O)[C@@H](N)CCCN=C(N)N)C(=O)O. The van der Waals surface area contributed by atoms with Crippen molar-refractivity contribution in [3.05, 3.63) is 0 Å². The van der Waals surface area contributed by atoms with Gasteiger partial charge in [-0.2, -0.15) is 0 Å². The minimum absolute atomic E-state index is 0.00683. The quantitative estimate of drug-likeness (QED) is 0.0190. The topological polar surface area (TPSA) is 470 Å². The van der Waals surface area contributed by atoms with Gasteiger partial charge in [0.15, 0.2) is 18.0 Å². The number of hydrogen-bond acceptors (Lipinski definition) is 13. The number of rotatable bonds is 29. The van der Waals surface area contributed by atoms with E-state index in [9.17, 15) is 48.6 Å². The summed E-state index contributed by atoms with van der Waals surface area (Å²) in [6.45, 7) is 1.53. The summed E-state index contributed by atoms with van der Waals surface area (Å²) in [6, 6.07) is -8.89. The van der Waals surface area contributed by atoms with Crippen molar-refractivity contribution in [3.8, 4) is 0 Å². The highest BCUT2D eigenvalue weighted by molar-refractivity contribution is 5.97. The molecule has 23 N–H and O–H groups in total. The van der Waals surface area contributed by atoms with Crippen molar-refractivity contribution in [1.29, 1.82) is 0 Å². The van der Waals surface area contributed by atoms with Crippen molar-refractivity contribution in [2.24, 2.45) is 55.9 Å². The van der Waals surface area contributed by atoms with E-state index in [2.05, 4.69) is 36.6 Å². The van der Waals surface area contributed by atoms with Crippen molar-refractivity contribution in [3.63, 3.8) is 0 Å². The largest absolute Gasteiger partial charge is 0.480 e. The summed E-state index contributed by atoms with van der Waals surface area (Å²) in [7, 11) is 0. The van der Waals surface area contributed by atoms with Crippen LogP contribution in [-0.4, -0.2) is 131 Å². The molecule has 0 saturated heterocycles. The smallest absolute Gasteiger partial charge is 0.328 e. The van der Waals surface area contributed by atoms with Gasteiger partial charge in [-0.25, -0.2) is 4.79 Å². The van der Waals surface area contributed by atoms with Crippen LogP contribution in [0.4, 0.5) is 0 Å². The molecule has 25 nitrogen and oxygen atoms in total. The molecule has 0 heterocycles. The molecule has 318 valence electrons. The third-order valence-electron chi connectivity index (χ3n) is 7.86. The molecule has 0 aromatic rings. The first kappa shape index (κ1) is 50.2. The number of amides is 7. The van der Waals surface area contributed by atoms with Crippen LogP contribution in [0.2, 0.25) is 0 Å². The number of aliphatic hydroxyl groups excluding tert-OH is 1. The summed E-state index contributed by atoms with van der Waals surface area (Å²) in [6.07, 6.45) is -2.02. The van der Waals surface area contributed by atoms with Gasteiger partial charge in [-0.15, -0.1) is 0 Å². The number of aliphatic carboxylic acids is 1. The first-order valence-corrected chi connectivity index (χ1v) is 17.8. The molecule has 0 spiro atoms. The van der Waals surface area contributed by atoms with Gasteiger partial charge in [-0.1, -0.05) is 0 Å². The van der Waals surface area contributed by atoms with Gasteiger partial charge >= 0.3 is 5.97 Å². The van der Waals surface area contributed by atoms with Crippen LogP contribution in [0.3, 0.4) is 0 Å². The number of primary amides is 2. The number of carbonyl (C=O) groups excluding carboxylic acids is 7. The zero-order chi connectivity index (χ0) is 43.0. The lowest BCUT2D eigenvalue weighted by atomic mass is 10.0. The maximum absolute atomic E-state index is 13.7. The molecular formula is C31H59N15O10. The number of carboxylic acid groups (broad SMARTS) is 1. The average Bonchev–Trinajstić information content (AvgIpc) is 3.09. The molecule has 0 saturated carbocycles. The van der Waals surface area contributed by atoms with Gasteiger partial charge in [0.25, 0.3) is 0 Å². The van der Waals surface area contributed by atoms with Crippen LogP contribution < -0.4 is 72.5 Å². The number of carboxylic acids is 1. The summed E-state index contributed by atoms with van der Waals surface area (Å²) >= 11 is 0. The van der Waals surface area contributed by atoms with E-state index in [0.29, 0.717) is 19.3 Å². The summed E-state index contributed by atoms with van der Waals surface area (Å²) in [5.74, 6) is -8.61. The zero-order valence-corrected chi connectivity index (χ0v) is 31.4. The molecule has 0 unspecified atom stereocenters. The molecule has 56 heavy (non-hydrogen) atoms. The van der Waals surface area contributed by atoms with Gasteiger partial charge in [0.2, 0.25) is 41.4 Å². The van der Waals surface area contributed by atoms with E-state index in [-0.39, 0.29) is 63.7 Å². The van der Waals surface area contributed by atoms with Gasteiger partial charge in [0.05, 0.1) is 18.6 Å². The molecule has 25 heteroatoms. The Hall–Kier alpha value is -5.82. The summed E-state index contributed by atoms with van der Waals surface area (Å²) in [5, 5.41) is 31.0. The Bertz CT molecular complexity index is 1400. The lowest BCUT2D eigenvalue weighted by Crippen LogP contribution is -2.60. The van der Waals surface area contributed by atoms with E-state index in [1.54, 1.807) is 0 Å². The normalized spacial score (nSPS) is 14.5. The van der Waals surface area contributed by atoms with E-state index < -0.39 is 103 Å². The minimum Gasteiger partial charge on any atom is -0.480 e. The van der Waals surface area contributed by atoms with Crippen LogP contribution in [0, 0.1) is 0 Å². The standard InChI is InChI=1S/C31H59N15O10/c1-15(47)23(29(55)56)46-27(53)17(7-2-3-11-32)42-26(52)19(9-10-21(34)48)44-25(51)18(8-5-13-41-31(38)39)43-28(54)20(14-22(35)49)45-24(50)16(33)6-4-12-40-30(36)37/h15-20,23,47H,2-14,32-33H2,1H3,(H2,34,48)(H2,35,49)(H,42,52)(H,43,54)(H,44,51)(H,45,50)(H,46,53)(H,55,56)(H4,36,37,40)(H4,38,39,41)/t15-,16+,17+,18+,19+,20+,23+/m1/s1. The first-order chi connectivity index (χ1) is 26.2. The fraction of sp³-hybridized carbons (Fsp3) is 0.677. The molecule has 0 aliphatic rings. The Kier molecular flexibility index (Phi) is 24.1. The average molecular weight is 802 g/mol. The second-order valence-corrected chi connectivity index (χ2v) is 12.8. The van der Waals surface area contributed by atoms with E-state index in [1.165, 1.54) is 0 Å². The first-order valence-electron chi connectivity index (χ1n) is 17.8. The maximum Gasteiger partial charge on any atom is 0.328 e. The zero-order valence-electron chi connectivity index (χ0n) is 31.4. The number of guanidine groups is 2. The molecule has 0 bridgehead atoms. The molecule has 0 radical (unpaired) electrons. The second-order valence-electron chi connectivity index (χ2n) is 12.8. The van der Waals surface area contributed by atoms with E-state index in [0.717, 1.165) is 6.92 Å². The van der Waals surface area contributed by atoms with Gasteiger partial charge in [-0.3, -0.25) is 43.5 Å². The fourth-order valence-corrected chi connectivity index (χ4v) is 4.89. The highest BCUT2D eigenvalue weighted by atomic mass is 16.4. The van der Waals surface area contributed by atoms with Crippen LogP contribution in [0.15, 0.2) is 9.98 Å². The number of nitrogens with one attached hydrogen (secondary N) is 5. The number of aliphatic imine (C=N–C) groups is 2. The van der Waals surface area contributed by atoms with Crippen LogP contribution in [0.1, 0.15) is 71.1 Å². The Morgan fingerprint density at radius 1 is 0.571 bits per heavy atom. The molecule has 0 aromatic heterocycles. The number of nitrogens with zero attached hydrogens (tertiary/aromatic N) is 2. The molecule has 0 rings (SSSR count). The molecule has 7 atom stereocenters. The van der Waals surface area contributed by atoms with E-state index >= 15 is 0 Å². The summed E-state index contributed by atoms with van der Waals surface area (Å²) in [4.78, 5) is 110. The predicted molar refractivity (Wildman–Crippen MR) is 202 cm³/mol. The molecule has 0 aliphatic carbocycles. The summed E-state index contributed by atoms with van der Waals surface area (Å²) < 4.78 is 0. The lowest BCUT2D eigenvalue weighted by molar-refractivity contribution is -0.145. The number of aliphatic hydroxyl groups is 1. The Morgan fingerprint density at radius 3 is 1.43 bits per heavy atom. The van der Waals surface area contributed by atoms with Crippen molar-refractivity contribution >= 4 is 59.2 Å². The Balaban J connectivity index is 6.39. The third kappa shape index (κ3) is 21.8. The Labute approximate surface area is 323 Å². The van der Waals surface area contributed by atoms with Gasteiger partial charge in [-0.05, 0) is 64.8 Å². The summed E-state index contributed by atoms with van der Waals surface area (Å²) in [5.41, 5.74) is 43.4. The maximum atomic E-state index is 13.7. The van der Waals surface area contributed by atoms with Gasteiger partial charge in [0, 0.05) is 19.5 Å². The molecule has 0 aromatic carbocycles. The van der Waals surface area contributed by atoms with Gasteiger partial charge < -0.3 is 82.7 Å². The van der Waals surface area contributed by atoms with Crippen molar-refractivity contribution in [2.45, 2.75) is 113 Å². The lowest BCUT2D eigenvalue weighted by Gasteiger charge is -2.27. The number of carbonyl (C=O) groups is 8.